The molecule has 2 rings (SSSR count). The number of rotatable bonds is 1. The van der Waals surface area contributed by atoms with Crippen LogP contribution in [0.2, 0.25) is 5.15 Å². The number of pyridine rings is 1. The van der Waals surface area contributed by atoms with Crippen molar-refractivity contribution >= 4 is 28.3 Å². The average Bonchev–Trinajstić information content (AvgIpc) is 2.16. The zero-order chi connectivity index (χ0) is 10.1. The average molecular weight is 208 g/mol. The Kier molecular flexibility index (Phi) is 2.09. The predicted molar refractivity (Wildman–Crippen MR) is 53.7 cm³/mol. The first-order valence-corrected chi connectivity index (χ1v) is 4.34. The van der Waals surface area contributed by atoms with Gasteiger partial charge in [0.05, 0.1) is 5.56 Å². The summed E-state index contributed by atoms with van der Waals surface area (Å²) in [5, 5.41) is 10.6. The van der Waals surface area contributed by atoms with E-state index in [0.29, 0.717) is 10.5 Å². The molecule has 0 spiro atoms. The number of carboxylic acid groups (broad SMARTS) is 1. The maximum Gasteiger partial charge on any atom is 0.336 e. The number of nitrogens with zero attached hydrogens (tertiary/aromatic N) is 1. The summed E-state index contributed by atoms with van der Waals surface area (Å²) in [4.78, 5) is 14.7. The van der Waals surface area contributed by atoms with Crippen molar-refractivity contribution in [2.24, 2.45) is 0 Å². The first-order chi connectivity index (χ1) is 6.68. The lowest BCUT2D eigenvalue weighted by atomic mass is 10.1. The summed E-state index contributed by atoms with van der Waals surface area (Å²) in [6, 6.07) is 6.67. The molecule has 4 heteroatoms. The number of halogens is 1. The van der Waals surface area contributed by atoms with Crippen LogP contribution in [0.15, 0.2) is 30.5 Å². The zero-order valence-corrected chi connectivity index (χ0v) is 7.82. The molecule has 0 saturated heterocycles. The molecule has 0 unspecified atom stereocenters. The molecule has 0 saturated carbocycles. The summed E-state index contributed by atoms with van der Waals surface area (Å²) < 4.78 is 0. The number of carbonyl (C=O) groups is 1. The van der Waals surface area contributed by atoms with E-state index in [2.05, 4.69) is 4.98 Å². The number of carboxylic acids is 1. The summed E-state index contributed by atoms with van der Waals surface area (Å²) >= 11 is 5.69. The Morgan fingerprint density at radius 2 is 2.21 bits per heavy atom. The lowest BCUT2D eigenvalue weighted by Crippen LogP contribution is -1.97. The summed E-state index contributed by atoms with van der Waals surface area (Å²) in [6.07, 6.45) is 1.47. The van der Waals surface area contributed by atoms with Gasteiger partial charge in [-0.05, 0) is 17.5 Å². The summed E-state index contributed by atoms with van der Waals surface area (Å²) in [7, 11) is 0. The van der Waals surface area contributed by atoms with Gasteiger partial charge in [-0.25, -0.2) is 9.78 Å². The minimum Gasteiger partial charge on any atom is -0.478 e. The molecule has 0 aliphatic heterocycles. The Labute approximate surface area is 85.0 Å². The maximum absolute atomic E-state index is 10.8. The lowest BCUT2D eigenvalue weighted by molar-refractivity contribution is 0.0699. The molecule has 1 aromatic heterocycles. The van der Waals surface area contributed by atoms with Gasteiger partial charge < -0.3 is 5.11 Å². The highest BCUT2D eigenvalue weighted by atomic mass is 35.5. The number of aromatic nitrogens is 1. The summed E-state index contributed by atoms with van der Waals surface area (Å²) in [5.74, 6) is -0.959. The fraction of sp³-hybridized carbons (Fsp3) is 0. The van der Waals surface area contributed by atoms with Gasteiger partial charge in [0.1, 0.15) is 5.15 Å². The van der Waals surface area contributed by atoms with E-state index in [9.17, 15) is 4.79 Å². The molecule has 0 bridgehead atoms. The van der Waals surface area contributed by atoms with E-state index in [0.717, 1.165) is 5.39 Å². The van der Waals surface area contributed by atoms with Crippen molar-refractivity contribution in [2.45, 2.75) is 0 Å². The molecule has 0 radical (unpaired) electrons. The topological polar surface area (TPSA) is 50.2 Å². The fourth-order valence-electron chi connectivity index (χ4n) is 1.33. The third-order valence-corrected chi connectivity index (χ3v) is 2.17. The van der Waals surface area contributed by atoms with Crippen molar-refractivity contribution in [3.8, 4) is 0 Å². The van der Waals surface area contributed by atoms with Crippen LogP contribution in [0.3, 0.4) is 0 Å². The van der Waals surface area contributed by atoms with Crippen LogP contribution in [0.5, 0.6) is 0 Å². The molecule has 1 N–H and O–H groups in total. The van der Waals surface area contributed by atoms with Crippen LogP contribution >= 0.6 is 11.6 Å². The van der Waals surface area contributed by atoms with Gasteiger partial charge in [0.15, 0.2) is 0 Å². The second-order valence-corrected chi connectivity index (χ2v) is 3.23. The molecule has 0 aliphatic carbocycles. The van der Waals surface area contributed by atoms with Crippen molar-refractivity contribution in [3.05, 3.63) is 41.2 Å². The number of aromatic carboxylic acids is 1. The van der Waals surface area contributed by atoms with E-state index in [1.165, 1.54) is 6.20 Å². The van der Waals surface area contributed by atoms with Gasteiger partial charge >= 0.3 is 5.97 Å². The van der Waals surface area contributed by atoms with Gasteiger partial charge in [-0.3, -0.25) is 0 Å². The molecule has 3 nitrogen and oxygen atoms in total. The molecule has 0 amide bonds. The largest absolute Gasteiger partial charge is 0.478 e. The smallest absolute Gasteiger partial charge is 0.336 e. The predicted octanol–water partition coefficient (Wildman–Crippen LogP) is 2.59. The number of hydrogen-bond donors (Lipinski definition) is 1. The third kappa shape index (κ3) is 1.42. The molecular weight excluding hydrogens is 202 g/mol. The van der Waals surface area contributed by atoms with Gasteiger partial charge in [0.2, 0.25) is 0 Å². The van der Waals surface area contributed by atoms with Crippen molar-refractivity contribution in [2.75, 3.05) is 0 Å². The van der Waals surface area contributed by atoms with Gasteiger partial charge in [-0.15, -0.1) is 0 Å². The van der Waals surface area contributed by atoms with Crippen LogP contribution in [0.25, 0.3) is 10.8 Å². The summed E-state index contributed by atoms with van der Waals surface area (Å²) in [6.45, 7) is 0. The second kappa shape index (κ2) is 3.27. The molecule has 0 aliphatic rings. The highest BCUT2D eigenvalue weighted by Crippen LogP contribution is 2.20. The highest BCUT2D eigenvalue weighted by Gasteiger charge is 2.07. The van der Waals surface area contributed by atoms with Gasteiger partial charge in [0, 0.05) is 11.6 Å². The summed E-state index contributed by atoms with van der Waals surface area (Å²) in [5.41, 5.74) is 0.242. The van der Waals surface area contributed by atoms with Crippen LogP contribution < -0.4 is 0 Å². The van der Waals surface area contributed by atoms with Crippen LogP contribution in [0, 0.1) is 0 Å². The monoisotopic (exact) mass is 207 g/mol. The normalized spacial score (nSPS) is 10.4. The van der Waals surface area contributed by atoms with E-state index in [1.54, 1.807) is 24.3 Å². The van der Waals surface area contributed by atoms with E-state index in [1.807, 2.05) is 0 Å². The first kappa shape index (κ1) is 8.97. The Hall–Kier alpha value is -1.61. The molecule has 2 aromatic rings. The maximum atomic E-state index is 10.8. The molecule has 1 aromatic carbocycles. The first-order valence-electron chi connectivity index (χ1n) is 3.96. The molecule has 70 valence electrons. The SMILES string of the molecule is O=C(O)c1cccc2cc(Cl)ncc12. The van der Waals surface area contributed by atoms with E-state index < -0.39 is 5.97 Å². The van der Waals surface area contributed by atoms with Crippen molar-refractivity contribution in [3.63, 3.8) is 0 Å². The Balaban J connectivity index is 2.81. The highest BCUT2D eigenvalue weighted by molar-refractivity contribution is 6.30. The van der Waals surface area contributed by atoms with Gasteiger partial charge in [-0.2, -0.15) is 0 Å². The van der Waals surface area contributed by atoms with Crippen LogP contribution in [-0.2, 0) is 0 Å². The number of fused-ring (bicyclic) bond motifs is 1. The zero-order valence-electron chi connectivity index (χ0n) is 7.07. The van der Waals surface area contributed by atoms with Crippen molar-refractivity contribution in [1.29, 1.82) is 0 Å². The molecule has 0 atom stereocenters. The van der Waals surface area contributed by atoms with E-state index in [-0.39, 0.29) is 5.56 Å². The Bertz CT molecular complexity index is 510. The second-order valence-electron chi connectivity index (χ2n) is 2.84. The third-order valence-electron chi connectivity index (χ3n) is 1.96. The van der Waals surface area contributed by atoms with Crippen molar-refractivity contribution < 1.29 is 9.90 Å². The van der Waals surface area contributed by atoms with E-state index in [4.69, 9.17) is 16.7 Å². The standard InChI is InChI=1S/C10H6ClNO2/c11-9-4-6-2-1-3-7(10(13)14)8(6)5-12-9/h1-5H,(H,13,14). The minimum absolute atomic E-state index is 0.242. The molecule has 1 heterocycles. The molecular formula is C10H6ClNO2. The van der Waals surface area contributed by atoms with Crippen LogP contribution in [0.4, 0.5) is 0 Å². The lowest BCUT2D eigenvalue weighted by Gasteiger charge is -2.01. The fourth-order valence-corrected chi connectivity index (χ4v) is 1.50. The van der Waals surface area contributed by atoms with Crippen LogP contribution in [0.1, 0.15) is 10.4 Å². The minimum atomic E-state index is -0.959. The quantitative estimate of drug-likeness (QED) is 0.732. The molecule has 14 heavy (non-hydrogen) atoms. The van der Waals surface area contributed by atoms with Crippen molar-refractivity contribution in [1.82, 2.24) is 4.98 Å². The van der Waals surface area contributed by atoms with Gasteiger partial charge in [-0.1, -0.05) is 23.7 Å². The Morgan fingerprint density at radius 1 is 1.43 bits per heavy atom. The van der Waals surface area contributed by atoms with E-state index >= 15 is 0 Å². The number of hydrogen-bond acceptors (Lipinski definition) is 2. The number of benzene rings is 1. The van der Waals surface area contributed by atoms with Crippen LogP contribution in [-0.4, -0.2) is 16.1 Å². The Morgan fingerprint density at radius 3 is 2.93 bits per heavy atom. The molecule has 0 fully saturated rings. The van der Waals surface area contributed by atoms with Gasteiger partial charge in [0.25, 0.3) is 0 Å².